The SMILES string of the molecule is OCCC#Cc1ccc(CO)nc1. The van der Waals surface area contributed by atoms with Gasteiger partial charge >= 0.3 is 0 Å². The molecule has 1 rings (SSSR count). The molecule has 0 aliphatic carbocycles. The fraction of sp³-hybridized carbons (Fsp3) is 0.300. The van der Waals surface area contributed by atoms with Crippen LogP contribution in [0.3, 0.4) is 0 Å². The molecular formula is C10H11NO2. The minimum absolute atomic E-state index is 0.0512. The number of hydrogen-bond donors (Lipinski definition) is 2. The summed E-state index contributed by atoms with van der Waals surface area (Å²) >= 11 is 0. The van der Waals surface area contributed by atoms with E-state index in [9.17, 15) is 0 Å². The summed E-state index contributed by atoms with van der Waals surface area (Å²) in [7, 11) is 0. The molecule has 0 radical (unpaired) electrons. The lowest BCUT2D eigenvalue weighted by molar-refractivity contribution is 0.277. The van der Waals surface area contributed by atoms with Gasteiger partial charge in [0.1, 0.15) is 0 Å². The molecule has 13 heavy (non-hydrogen) atoms. The second kappa shape index (κ2) is 5.31. The Morgan fingerprint density at radius 3 is 2.69 bits per heavy atom. The number of pyridine rings is 1. The smallest absolute Gasteiger partial charge is 0.0852 e. The van der Waals surface area contributed by atoms with Gasteiger partial charge in [0, 0.05) is 18.2 Å². The first-order valence-corrected chi connectivity index (χ1v) is 4.02. The van der Waals surface area contributed by atoms with E-state index in [1.807, 2.05) is 0 Å². The van der Waals surface area contributed by atoms with Gasteiger partial charge in [-0.3, -0.25) is 4.98 Å². The lowest BCUT2D eigenvalue weighted by atomic mass is 10.2. The van der Waals surface area contributed by atoms with Gasteiger partial charge in [-0.15, -0.1) is 0 Å². The zero-order valence-electron chi connectivity index (χ0n) is 7.20. The van der Waals surface area contributed by atoms with Crippen LogP contribution in [-0.2, 0) is 6.61 Å². The van der Waals surface area contributed by atoms with E-state index in [0.717, 1.165) is 5.56 Å². The molecule has 0 unspecified atom stereocenters. The third kappa shape index (κ3) is 3.24. The highest BCUT2D eigenvalue weighted by molar-refractivity contribution is 5.32. The Morgan fingerprint density at radius 2 is 2.15 bits per heavy atom. The maximum Gasteiger partial charge on any atom is 0.0852 e. The van der Waals surface area contributed by atoms with Crippen molar-refractivity contribution in [2.24, 2.45) is 0 Å². The van der Waals surface area contributed by atoms with Crippen molar-refractivity contribution in [3.63, 3.8) is 0 Å². The Labute approximate surface area is 77.1 Å². The first-order valence-electron chi connectivity index (χ1n) is 4.02. The molecule has 0 aliphatic rings. The van der Waals surface area contributed by atoms with Crippen molar-refractivity contribution in [2.45, 2.75) is 13.0 Å². The molecule has 2 N–H and O–H groups in total. The standard InChI is InChI=1S/C10H11NO2/c12-6-2-1-3-9-4-5-10(8-13)11-7-9/h4-5,7,12-13H,2,6,8H2. The van der Waals surface area contributed by atoms with Gasteiger partial charge in [0.2, 0.25) is 0 Å². The van der Waals surface area contributed by atoms with Gasteiger partial charge in [0.15, 0.2) is 0 Å². The quantitative estimate of drug-likeness (QED) is 0.639. The summed E-state index contributed by atoms with van der Waals surface area (Å²) in [4.78, 5) is 3.96. The zero-order valence-corrected chi connectivity index (χ0v) is 7.20. The zero-order chi connectivity index (χ0) is 9.52. The third-order valence-electron chi connectivity index (χ3n) is 1.46. The molecule has 1 aromatic heterocycles. The number of aliphatic hydroxyl groups is 2. The van der Waals surface area contributed by atoms with Crippen LogP contribution in [0.15, 0.2) is 18.3 Å². The predicted molar refractivity (Wildman–Crippen MR) is 48.7 cm³/mol. The largest absolute Gasteiger partial charge is 0.395 e. The van der Waals surface area contributed by atoms with E-state index < -0.39 is 0 Å². The topological polar surface area (TPSA) is 53.4 Å². The molecule has 1 aromatic rings. The Bertz CT molecular complexity index is 308. The van der Waals surface area contributed by atoms with Gasteiger partial charge in [0.25, 0.3) is 0 Å². The Hall–Kier alpha value is -1.37. The second-order valence-electron chi connectivity index (χ2n) is 2.47. The molecule has 0 aromatic carbocycles. The van der Waals surface area contributed by atoms with E-state index in [-0.39, 0.29) is 13.2 Å². The van der Waals surface area contributed by atoms with Crippen molar-refractivity contribution >= 4 is 0 Å². The summed E-state index contributed by atoms with van der Waals surface area (Å²) in [6, 6.07) is 3.52. The average Bonchev–Trinajstić information content (AvgIpc) is 2.19. The summed E-state index contributed by atoms with van der Waals surface area (Å²) in [6.45, 7) is 0.0273. The van der Waals surface area contributed by atoms with E-state index in [1.165, 1.54) is 0 Å². The number of aliphatic hydroxyl groups excluding tert-OH is 2. The van der Waals surface area contributed by atoms with Crippen molar-refractivity contribution in [2.75, 3.05) is 6.61 Å². The van der Waals surface area contributed by atoms with Crippen LogP contribution >= 0.6 is 0 Å². The molecule has 0 amide bonds. The Balaban J connectivity index is 2.65. The van der Waals surface area contributed by atoms with E-state index >= 15 is 0 Å². The minimum atomic E-state index is -0.0512. The number of aromatic nitrogens is 1. The second-order valence-corrected chi connectivity index (χ2v) is 2.47. The number of hydrogen-bond acceptors (Lipinski definition) is 3. The highest BCUT2D eigenvalue weighted by atomic mass is 16.3. The molecule has 3 heteroatoms. The molecular weight excluding hydrogens is 166 g/mol. The minimum Gasteiger partial charge on any atom is -0.395 e. The lowest BCUT2D eigenvalue weighted by Gasteiger charge is -1.93. The van der Waals surface area contributed by atoms with Crippen molar-refractivity contribution in [3.8, 4) is 11.8 Å². The van der Waals surface area contributed by atoms with Gasteiger partial charge in [-0.2, -0.15) is 0 Å². The average molecular weight is 177 g/mol. The fourth-order valence-electron chi connectivity index (χ4n) is 0.812. The lowest BCUT2D eigenvalue weighted by Crippen LogP contribution is -1.88. The van der Waals surface area contributed by atoms with Crippen LogP contribution in [0.4, 0.5) is 0 Å². The van der Waals surface area contributed by atoms with Gasteiger partial charge in [-0.05, 0) is 12.1 Å². The molecule has 68 valence electrons. The van der Waals surface area contributed by atoms with Crippen LogP contribution in [-0.4, -0.2) is 21.8 Å². The van der Waals surface area contributed by atoms with Gasteiger partial charge in [-0.25, -0.2) is 0 Å². The summed E-state index contributed by atoms with van der Waals surface area (Å²) in [6.07, 6.45) is 2.08. The molecule has 0 bridgehead atoms. The van der Waals surface area contributed by atoms with Gasteiger partial charge in [0.05, 0.1) is 18.9 Å². The van der Waals surface area contributed by atoms with Crippen molar-refractivity contribution in [3.05, 3.63) is 29.6 Å². The van der Waals surface area contributed by atoms with Crippen LogP contribution in [0.1, 0.15) is 17.7 Å². The van der Waals surface area contributed by atoms with E-state index in [1.54, 1.807) is 18.3 Å². The van der Waals surface area contributed by atoms with Gasteiger partial charge in [-0.1, -0.05) is 11.8 Å². The molecule has 1 heterocycles. The van der Waals surface area contributed by atoms with Crippen molar-refractivity contribution < 1.29 is 10.2 Å². The normalized spacial score (nSPS) is 9.08. The monoisotopic (exact) mass is 177 g/mol. The van der Waals surface area contributed by atoms with Crippen LogP contribution in [0.25, 0.3) is 0 Å². The van der Waals surface area contributed by atoms with Gasteiger partial charge < -0.3 is 10.2 Å². The molecule has 0 fully saturated rings. The molecule has 3 nitrogen and oxygen atoms in total. The third-order valence-corrected chi connectivity index (χ3v) is 1.46. The van der Waals surface area contributed by atoms with Crippen LogP contribution in [0, 0.1) is 11.8 Å². The van der Waals surface area contributed by atoms with E-state index in [2.05, 4.69) is 16.8 Å². The molecule has 0 saturated carbocycles. The molecule has 0 spiro atoms. The predicted octanol–water partition coefficient (Wildman–Crippen LogP) is 0.308. The maximum atomic E-state index is 8.71. The Kier molecular flexibility index (Phi) is 3.97. The van der Waals surface area contributed by atoms with Crippen LogP contribution < -0.4 is 0 Å². The van der Waals surface area contributed by atoms with E-state index in [4.69, 9.17) is 10.2 Å². The van der Waals surface area contributed by atoms with Crippen molar-refractivity contribution in [1.29, 1.82) is 0 Å². The Morgan fingerprint density at radius 1 is 1.31 bits per heavy atom. The van der Waals surface area contributed by atoms with Crippen LogP contribution in [0.2, 0.25) is 0 Å². The van der Waals surface area contributed by atoms with E-state index in [0.29, 0.717) is 12.1 Å². The highest BCUT2D eigenvalue weighted by Gasteiger charge is 1.90. The molecule has 0 atom stereocenters. The maximum absolute atomic E-state index is 8.71. The summed E-state index contributed by atoms with van der Waals surface area (Å²) < 4.78 is 0. The summed E-state index contributed by atoms with van der Waals surface area (Å²) in [5, 5.41) is 17.2. The highest BCUT2D eigenvalue weighted by Crippen LogP contribution is 1.98. The molecule has 0 saturated heterocycles. The summed E-state index contributed by atoms with van der Waals surface area (Å²) in [5.41, 5.74) is 1.43. The van der Waals surface area contributed by atoms with Crippen molar-refractivity contribution in [1.82, 2.24) is 4.98 Å². The number of nitrogens with zero attached hydrogens (tertiary/aromatic N) is 1. The first-order chi connectivity index (χ1) is 6.36. The fourth-order valence-corrected chi connectivity index (χ4v) is 0.812. The van der Waals surface area contributed by atoms with Crippen LogP contribution in [0.5, 0.6) is 0 Å². The number of rotatable bonds is 2. The summed E-state index contributed by atoms with van der Waals surface area (Å²) in [5.74, 6) is 5.63. The molecule has 0 aliphatic heterocycles. The first kappa shape index (κ1) is 9.72.